The lowest BCUT2D eigenvalue weighted by Crippen LogP contribution is -2.42. The minimum atomic E-state index is -1.09. The lowest BCUT2D eigenvalue weighted by atomic mass is 10.2. The number of carboxylic acids is 1. The zero-order chi connectivity index (χ0) is 13.1. The molecule has 0 aromatic carbocycles. The minimum absolute atomic E-state index is 0.0249. The maximum atomic E-state index is 11.1. The van der Waals surface area contributed by atoms with E-state index in [2.05, 4.69) is 4.98 Å². The Balaban J connectivity index is 2.40. The van der Waals surface area contributed by atoms with Crippen molar-refractivity contribution in [2.45, 2.75) is 13.0 Å². The molecule has 1 unspecified atom stereocenters. The van der Waals surface area contributed by atoms with Crippen LogP contribution in [0.25, 0.3) is 0 Å². The third kappa shape index (κ3) is 2.41. The van der Waals surface area contributed by atoms with Crippen molar-refractivity contribution in [1.29, 1.82) is 5.26 Å². The van der Waals surface area contributed by atoms with Crippen LogP contribution in [0.2, 0.25) is 0 Å². The van der Waals surface area contributed by atoms with Gasteiger partial charge in [-0.15, -0.1) is 0 Å². The van der Waals surface area contributed by atoms with Crippen molar-refractivity contribution in [2.24, 2.45) is 0 Å². The van der Waals surface area contributed by atoms with E-state index in [0.29, 0.717) is 30.9 Å². The summed E-state index contributed by atoms with van der Waals surface area (Å²) in [6.45, 7) is 3.66. The highest BCUT2D eigenvalue weighted by Crippen LogP contribution is 2.22. The molecule has 6 nitrogen and oxygen atoms in total. The fourth-order valence-electron chi connectivity index (χ4n) is 1.96. The maximum Gasteiger partial charge on any atom is 0.356 e. The Kier molecular flexibility index (Phi) is 3.44. The first-order chi connectivity index (χ1) is 8.61. The number of hydrogen-bond acceptors (Lipinski definition) is 5. The van der Waals surface area contributed by atoms with Crippen LogP contribution in [0.15, 0.2) is 12.3 Å². The molecule has 1 saturated heterocycles. The number of carbonyl (C=O) groups is 1. The molecule has 1 aromatic heterocycles. The largest absolute Gasteiger partial charge is 0.476 e. The SMILES string of the molecule is CC1CN(c2cc(C#N)cnc2C(=O)O)CCO1. The highest BCUT2D eigenvalue weighted by atomic mass is 16.5. The molecule has 1 aliphatic heterocycles. The van der Waals surface area contributed by atoms with E-state index in [1.807, 2.05) is 17.9 Å². The molecule has 0 amide bonds. The zero-order valence-electron chi connectivity index (χ0n) is 9.96. The van der Waals surface area contributed by atoms with Crippen LogP contribution in [0.5, 0.6) is 0 Å². The van der Waals surface area contributed by atoms with E-state index in [-0.39, 0.29) is 11.8 Å². The van der Waals surface area contributed by atoms with Crippen molar-refractivity contribution in [3.8, 4) is 6.07 Å². The number of ether oxygens (including phenoxy) is 1. The fourth-order valence-corrected chi connectivity index (χ4v) is 1.96. The Labute approximate surface area is 104 Å². The first-order valence-electron chi connectivity index (χ1n) is 5.62. The summed E-state index contributed by atoms with van der Waals surface area (Å²) in [5, 5.41) is 18.0. The molecule has 0 saturated carbocycles. The Morgan fingerprint density at radius 3 is 3.11 bits per heavy atom. The molecule has 18 heavy (non-hydrogen) atoms. The van der Waals surface area contributed by atoms with Crippen LogP contribution in [0.1, 0.15) is 23.0 Å². The summed E-state index contributed by atoms with van der Waals surface area (Å²) in [6, 6.07) is 3.53. The molecule has 0 spiro atoms. The fraction of sp³-hybridized carbons (Fsp3) is 0.417. The molecular formula is C12H13N3O3. The molecule has 6 heteroatoms. The summed E-state index contributed by atoms with van der Waals surface area (Å²) in [5.41, 5.74) is 0.814. The molecule has 0 aliphatic carbocycles. The average Bonchev–Trinajstić information content (AvgIpc) is 2.38. The number of aromatic nitrogens is 1. The number of pyridine rings is 1. The molecule has 1 aromatic rings. The van der Waals surface area contributed by atoms with Crippen LogP contribution in [0.3, 0.4) is 0 Å². The van der Waals surface area contributed by atoms with Gasteiger partial charge in [-0.2, -0.15) is 5.26 Å². The van der Waals surface area contributed by atoms with Gasteiger partial charge in [0.25, 0.3) is 0 Å². The van der Waals surface area contributed by atoms with E-state index in [4.69, 9.17) is 15.1 Å². The van der Waals surface area contributed by atoms with Gasteiger partial charge in [-0.05, 0) is 13.0 Å². The summed E-state index contributed by atoms with van der Waals surface area (Å²) in [5.74, 6) is -1.09. The predicted molar refractivity (Wildman–Crippen MR) is 63.5 cm³/mol. The lowest BCUT2D eigenvalue weighted by molar-refractivity contribution is 0.0527. The smallest absolute Gasteiger partial charge is 0.356 e. The van der Waals surface area contributed by atoms with Gasteiger partial charge in [0.1, 0.15) is 6.07 Å². The second kappa shape index (κ2) is 5.02. The van der Waals surface area contributed by atoms with Gasteiger partial charge < -0.3 is 14.7 Å². The molecule has 2 heterocycles. The molecular weight excluding hydrogens is 234 g/mol. The van der Waals surface area contributed by atoms with Crippen molar-refractivity contribution < 1.29 is 14.6 Å². The third-order valence-corrected chi connectivity index (χ3v) is 2.78. The van der Waals surface area contributed by atoms with Gasteiger partial charge in [0.2, 0.25) is 0 Å². The molecule has 0 bridgehead atoms. The zero-order valence-corrected chi connectivity index (χ0v) is 9.96. The summed E-state index contributed by atoms with van der Waals surface area (Å²) in [6.07, 6.45) is 1.31. The summed E-state index contributed by atoms with van der Waals surface area (Å²) in [4.78, 5) is 16.9. The number of morpholine rings is 1. The highest BCUT2D eigenvalue weighted by Gasteiger charge is 2.23. The minimum Gasteiger partial charge on any atom is -0.476 e. The second-order valence-electron chi connectivity index (χ2n) is 4.14. The lowest BCUT2D eigenvalue weighted by Gasteiger charge is -2.33. The number of rotatable bonds is 2. The van der Waals surface area contributed by atoms with E-state index in [9.17, 15) is 4.79 Å². The van der Waals surface area contributed by atoms with Crippen LogP contribution in [-0.4, -0.2) is 41.9 Å². The second-order valence-corrected chi connectivity index (χ2v) is 4.14. The number of anilines is 1. The van der Waals surface area contributed by atoms with Crippen LogP contribution in [0, 0.1) is 11.3 Å². The van der Waals surface area contributed by atoms with E-state index in [0.717, 1.165) is 0 Å². The topological polar surface area (TPSA) is 86.5 Å². The average molecular weight is 247 g/mol. The first-order valence-corrected chi connectivity index (χ1v) is 5.62. The van der Waals surface area contributed by atoms with Crippen LogP contribution < -0.4 is 4.90 Å². The van der Waals surface area contributed by atoms with Crippen molar-refractivity contribution in [3.63, 3.8) is 0 Å². The first kappa shape index (κ1) is 12.3. The van der Waals surface area contributed by atoms with Gasteiger partial charge in [0, 0.05) is 19.3 Å². The summed E-state index contributed by atoms with van der Waals surface area (Å²) >= 11 is 0. The standard InChI is InChI=1S/C12H13N3O3/c1-8-7-15(2-3-18-8)10-4-9(5-13)6-14-11(10)12(16)17/h4,6,8H,2-3,7H2,1H3,(H,16,17). The maximum absolute atomic E-state index is 11.1. The van der Waals surface area contributed by atoms with Crippen LogP contribution in [-0.2, 0) is 4.74 Å². The molecule has 2 rings (SSSR count). The Morgan fingerprint density at radius 1 is 1.72 bits per heavy atom. The Bertz CT molecular complexity index is 510. The number of carboxylic acid groups (broad SMARTS) is 1. The van der Waals surface area contributed by atoms with Crippen molar-refractivity contribution >= 4 is 11.7 Å². The van der Waals surface area contributed by atoms with Gasteiger partial charge in [-0.3, -0.25) is 0 Å². The molecule has 1 atom stereocenters. The van der Waals surface area contributed by atoms with E-state index >= 15 is 0 Å². The molecule has 1 N–H and O–H groups in total. The Hall–Kier alpha value is -2.13. The van der Waals surface area contributed by atoms with E-state index < -0.39 is 5.97 Å². The van der Waals surface area contributed by atoms with Crippen LogP contribution >= 0.6 is 0 Å². The predicted octanol–water partition coefficient (Wildman–Crippen LogP) is 0.877. The number of nitriles is 1. The van der Waals surface area contributed by atoms with E-state index in [1.165, 1.54) is 6.20 Å². The van der Waals surface area contributed by atoms with Gasteiger partial charge in [0.05, 0.1) is 24.0 Å². The normalized spacial score (nSPS) is 19.3. The van der Waals surface area contributed by atoms with Crippen molar-refractivity contribution in [3.05, 3.63) is 23.5 Å². The van der Waals surface area contributed by atoms with Crippen LogP contribution in [0.4, 0.5) is 5.69 Å². The molecule has 1 fully saturated rings. The number of aromatic carboxylic acids is 1. The van der Waals surface area contributed by atoms with Gasteiger partial charge >= 0.3 is 5.97 Å². The summed E-state index contributed by atoms with van der Waals surface area (Å²) in [7, 11) is 0. The third-order valence-electron chi connectivity index (χ3n) is 2.78. The monoisotopic (exact) mass is 247 g/mol. The molecule has 1 aliphatic rings. The highest BCUT2D eigenvalue weighted by molar-refractivity contribution is 5.92. The van der Waals surface area contributed by atoms with Crippen molar-refractivity contribution in [2.75, 3.05) is 24.6 Å². The Morgan fingerprint density at radius 2 is 2.50 bits per heavy atom. The van der Waals surface area contributed by atoms with Crippen molar-refractivity contribution in [1.82, 2.24) is 4.98 Å². The van der Waals surface area contributed by atoms with Gasteiger partial charge in [0.15, 0.2) is 5.69 Å². The molecule has 94 valence electrons. The van der Waals surface area contributed by atoms with E-state index in [1.54, 1.807) is 6.07 Å². The quantitative estimate of drug-likeness (QED) is 0.834. The number of nitrogens with zero attached hydrogens (tertiary/aromatic N) is 3. The summed E-state index contributed by atoms with van der Waals surface area (Å²) < 4.78 is 5.41. The molecule has 0 radical (unpaired) electrons. The van der Waals surface area contributed by atoms with Gasteiger partial charge in [-0.1, -0.05) is 0 Å². The number of hydrogen-bond donors (Lipinski definition) is 1. The van der Waals surface area contributed by atoms with Gasteiger partial charge in [-0.25, -0.2) is 9.78 Å².